The van der Waals surface area contributed by atoms with Gasteiger partial charge in [0.25, 0.3) is 0 Å². The Morgan fingerprint density at radius 3 is 1.47 bits per heavy atom. The van der Waals surface area contributed by atoms with Crippen LogP contribution in [-0.4, -0.2) is 26.2 Å². The van der Waals surface area contributed by atoms with Crippen LogP contribution in [0.1, 0.15) is 82.8 Å². The third-order valence-corrected chi connectivity index (χ3v) is 4.99. The highest BCUT2D eigenvalue weighted by Crippen LogP contribution is 2.38. The van der Waals surface area contributed by atoms with Gasteiger partial charge in [-0.05, 0) is 31.1 Å². The highest BCUT2D eigenvalue weighted by Gasteiger charge is 2.25. The summed E-state index contributed by atoms with van der Waals surface area (Å²) in [5, 5.41) is 0. The first-order valence-corrected chi connectivity index (χ1v) is 10.5. The van der Waals surface area contributed by atoms with Gasteiger partial charge in [-0.1, -0.05) is 53.7 Å². The van der Waals surface area contributed by atoms with Gasteiger partial charge in [0.1, 0.15) is 11.6 Å². The molecule has 2 N–H and O–H groups in total. The molecule has 2 unspecified atom stereocenters. The zero-order chi connectivity index (χ0) is 22.4. The molecule has 2 aromatic rings. The maximum Gasteiger partial charge on any atom is 0.153 e. The lowest BCUT2D eigenvalue weighted by molar-refractivity contribution is 0.112. The lowest BCUT2D eigenvalue weighted by Gasteiger charge is -2.15. The van der Waals surface area contributed by atoms with Crippen LogP contribution in [0.15, 0.2) is 36.9 Å². The van der Waals surface area contributed by atoms with E-state index >= 15 is 0 Å². The van der Waals surface area contributed by atoms with Crippen molar-refractivity contribution in [3.8, 4) is 0 Å². The van der Waals surface area contributed by atoms with Crippen LogP contribution >= 0.6 is 0 Å². The number of rotatable bonds is 1. The Bertz CT molecular complexity index is 818. The summed E-state index contributed by atoms with van der Waals surface area (Å²) in [6, 6.07) is 0. The van der Waals surface area contributed by atoms with Crippen LogP contribution in [0.25, 0.3) is 0 Å². The van der Waals surface area contributed by atoms with Gasteiger partial charge in [0, 0.05) is 23.2 Å². The Labute approximate surface area is 180 Å². The molecule has 1 fully saturated rings. The number of allylic oxidation sites excluding steroid dienone is 2. The molecule has 2 bridgehead atoms. The number of aldehydes is 1. The Morgan fingerprint density at radius 1 is 0.800 bits per heavy atom. The largest absolute Gasteiger partial charge is 0.396 e. The topological polar surface area (TPSA) is 94.7 Å². The predicted molar refractivity (Wildman–Crippen MR) is 121 cm³/mol. The van der Waals surface area contributed by atoms with Crippen LogP contribution in [0, 0.1) is 11.8 Å². The first-order chi connectivity index (χ1) is 14.0. The van der Waals surface area contributed by atoms with Gasteiger partial charge in [-0.3, -0.25) is 4.79 Å². The molecule has 4 rings (SSSR count). The van der Waals surface area contributed by atoms with Crippen LogP contribution in [0.3, 0.4) is 0 Å². The van der Waals surface area contributed by atoms with Crippen molar-refractivity contribution in [2.24, 2.45) is 11.8 Å². The number of aromatic nitrogens is 4. The van der Waals surface area contributed by atoms with Crippen LogP contribution < -0.4 is 5.73 Å². The second kappa shape index (κ2) is 9.92. The Hall–Kier alpha value is -2.63. The molecular formula is C24H35N5O. The van der Waals surface area contributed by atoms with E-state index in [-0.39, 0.29) is 10.8 Å². The highest BCUT2D eigenvalue weighted by molar-refractivity contribution is 5.73. The molecule has 0 radical (unpaired) electrons. The fourth-order valence-corrected chi connectivity index (χ4v) is 3.23. The number of hydrogen-bond acceptors (Lipinski definition) is 6. The Balaban J connectivity index is 0.000000165. The fraction of sp³-hybridized carbons (Fsp3) is 0.542. The summed E-state index contributed by atoms with van der Waals surface area (Å²) in [7, 11) is 0. The van der Waals surface area contributed by atoms with E-state index in [4.69, 9.17) is 5.73 Å². The van der Waals surface area contributed by atoms with Gasteiger partial charge in [0.2, 0.25) is 0 Å². The lowest BCUT2D eigenvalue weighted by atomic mass is 9.96. The van der Waals surface area contributed by atoms with E-state index in [9.17, 15) is 4.79 Å². The number of carbonyl (C=O) groups excluding carboxylic acids is 1. The third-order valence-electron chi connectivity index (χ3n) is 4.99. The summed E-state index contributed by atoms with van der Waals surface area (Å²) in [5.74, 6) is 3.56. The van der Waals surface area contributed by atoms with Crippen LogP contribution in [0.2, 0.25) is 0 Å². The van der Waals surface area contributed by atoms with Gasteiger partial charge >= 0.3 is 0 Å². The molecule has 6 nitrogen and oxygen atoms in total. The van der Waals surface area contributed by atoms with Crippen molar-refractivity contribution >= 4 is 12.0 Å². The number of nitrogens with two attached hydrogens (primary N) is 1. The van der Waals surface area contributed by atoms with Gasteiger partial charge in [-0.25, -0.2) is 19.9 Å². The average molecular weight is 410 g/mol. The Morgan fingerprint density at radius 2 is 1.20 bits per heavy atom. The van der Waals surface area contributed by atoms with Gasteiger partial charge in [0.05, 0.1) is 23.6 Å². The SMILES string of the molecule is C1=CC2CCC1C2.CC(C)(C)c1ncc(C=O)cn1.CC(C)(C)c1ncc(N)cn1. The number of fused-ring (bicyclic) bond motifs is 2. The van der Waals surface area contributed by atoms with E-state index in [1.54, 1.807) is 24.8 Å². The number of nitrogens with zero attached hydrogens (tertiary/aromatic N) is 4. The average Bonchev–Trinajstić information content (AvgIpc) is 3.34. The molecule has 162 valence electrons. The van der Waals surface area contributed by atoms with Crippen molar-refractivity contribution in [1.29, 1.82) is 0 Å². The molecule has 0 amide bonds. The van der Waals surface area contributed by atoms with E-state index in [0.29, 0.717) is 11.3 Å². The van der Waals surface area contributed by atoms with Crippen molar-refractivity contribution in [3.05, 3.63) is 54.2 Å². The van der Waals surface area contributed by atoms with Crippen LogP contribution in [0.5, 0.6) is 0 Å². The van der Waals surface area contributed by atoms with E-state index in [1.807, 2.05) is 20.8 Å². The minimum absolute atomic E-state index is 0.00764. The maximum atomic E-state index is 10.3. The zero-order valence-corrected chi connectivity index (χ0v) is 19.1. The molecule has 2 atom stereocenters. The number of anilines is 1. The van der Waals surface area contributed by atoms with E-state index in [0.717, 1.165) is 29.8 Å². The minimum atomic E-state index is -0.0542. The van der Waals surface area contributed by atoms with Crippen molar-refractivity contribution in [2.45, 2.75) is 71.6 Å². The molecule has 2 aliphatic carbocycles. The smallest absolute Gasteiger partial charge is 0.153 e. The molecule has 2 aliphatic rings. The maximum absolute atomic E-state index is 10.3. The number of hydrogen-bond donors (Lipinski definition) is 1. The van der Waals surface area contributed by atoms with E-state index in [2.05, 4.69) is 52.9 Å². The van der Waals surface area contributed by atoms with Crippen LogP contribution in [0.4, 0.5) is 5.69 Å². The summed E-state index contributed by atoms with van der Waals surface area (Å²) in [5.41, 5.74) is 6.52. The first kappa shape index (κ1) is 23.6. The van der Waals surface area contributed by atoms with Crippen LogP contribution in [-0.2, 0) is 10.8 Å². The van der Waals surface area contributed by atoms with E-state index < -0.39 is 0 Å². The molecule has 2 heterocycles. The molecular weight excluding hydrogens is 374 g/mol. The first-order valence-electron chi connectivity index (χ1n) is 10.5. The normalized spacial score (nSPS) is 19.4. The van der Waals surface area contributed by atoms with Gasteiger partial charge in [0.15, 0.2) is 6.29 Å². The summed E-state index contributed by atoms with van der Waals surface area (Å²) >= 11 is 0. The molecule has 0 saturated heterocycles. The number of nitrogen functional groups attached to an aromatic ring is 1. The second-order valence-corrected chi connectivity index (χ2v) is 10.0. The van der Waals surface area contributed by atoms with Crippen molar-refractivity contribution in [1.82, 2.24) is 19.9 Å². The molecule has 2 aromatic heterocycles. The lowest BCUT2D eigenvalue weighted by Crippen LogP contribution is -2.15. The van der Waals surface area contributed by atoms with Gasteiger partial charge in [-0.15, -0.1) is 0 Å². The molecule has 6 heteroatoms. The highest BCUT2D eigenvalue weighted by atomic mass is 16.1. The molecule has 1 saturated carbocycles. The molecule has 0 aliphatic heterocycles. The quantitative estimate of drug-likeness (QED) is 0.531. The monoisotopic (exact) mass is 409 g/mol. The van der Waals surface area contributed by atoms with Crippen molar-refractivity contribution < 1.29 is 4.79 Å². The molecule has 0 aromatic carbocycles. The van der Waals surface area contributed by atoms with Crippen molar-refractivity contribution in [3.63, 3.8) is 0 Å². The molecule has 30 heavy (non-hydrogen) atoms. The van der Waals surface area contributed by atoms with Gasteiger partial charge < -0.3 is 5.73 Å². The summed E-state index contributed by atoms with van der Waals surface area (Å²) in [6.45, 7) is 12.3. The minimum Gasteiger partial charge on any atom is -0.396 e. The zero-order valence-electron chi connectivity index (χ0n) is 19.1. The van der Waals surface area contributed by atoms with E-state index in [1.165, 1.54) is 19.3 Å². The van der Waals surface area contributed by atoms with Gasteiger partial charge in [-0.2, -0.15) is 0 Å². The second-order valence-electron chi connectivity index (χ2n) is 10.0. The molecule has 0 spiro atoms. The summed E-state index contributed by atoms with van der Waals surface area (Å²) in [4.78, 5) is 26.7. The number of carbonyl (C=O) groups is 1. The van der Waals surface area contributed by atoms with Crippen molar-refractivity contribution in [2.75, 3.05) is 5.73 Å². The third kappa shape index (κ3) is 7.32. The predicted octanol–water partition coefficient (Wildman–Crippen LogP) is 4.92. The standard InChI is InChI=1S/C9H12N2O.C8H13N3.C7H10/c1-9(2,3)8-10-4-7(6-12)5-11-8;1-8(2,3)7-10-4-6(9)5-11-7;1-2-7-4-3-6(1)5-7/h4-6H,1-3H3;4-5H,9H2,1-3H3;1-2,6-7H,3-5H2. The Kier molecular flexibility index (Phi) is 7.82. The summed E-state index contributed by atoms with van der Waals surface area (Å²) in [6.07, 6.45) is 16.3. The fourth-order valence-electron chi connectivity index (χ4n) is 3.23. The summed E-state index contributed by atoms with van der Waals surface area (Å²) < 4.78 is 0.